The number of rotatable bonds is 3. The van der Waals surface area contributed by atoms with Gasteiger partial charge in [-0.25, -0.2) is 4.98 Å². The molecule has 2 heterocycles. The molecule has 6 heteroatoms. The molecular formula is C10H13BrN2O3. The van der Waals surface area contributed by atoms with E-state index in [4.69, 9.17) is 9.47 Å². The van der Waals surface area contributed by atoms with Crippen LogP contribution in [0.5, 0.6) is 5.88 Å². The second kappa shape index (κ2) is 5.45. The molecule has 16 heavy (non-hydrogen) atoms. The SMILES string of the molecule is O=c1[nH]cnc(OCC2CCOCC2)c1Br. The summed E-state index contributed by atoms with van der Waals surface area (Å²) in [6, 6.07) is 0. The van der Waals surface area contributed by atoms with E-state index in [1.807, 2.05) is 0 Å². The van der Waals surface area contributed by atoms with Crippen molar-refractivity contribution in [2.75, 3.05) is 19.8 Å². The molecule has 0 amide bonds. The summed E-state index contributed by atoms with van der Waals surface area (Å²) in [7, 11) is 0. The summed E-state index contributed by atoms with van der Waals surface area (Å²) in [4.78, 5) is 17.7. The predicted molar refractivity (Wildman–Crippen MR) is 61.6 cm³/mol. The monoisotopic (exact) mass is 288 g/mol. The van der Waals surface area contributed by atoms with Gasteiger partial charge in [0.1, 0.15) is 4.47 Å². The number of nitrogens with zero attached hydrogens (tertiary/aromatic N) is 1. The molecule has 1 fully saturated rings. The Kier molecular flexibility index (Phi) is 3.95. The predicted octanol–water partition coefficient (Wildman–Crippen LogP) is 1.34. The Morgan fingerprint density at radius 3 is 3.06 bits per heavy atom. The van der Waals surface area contributed by atoms with Crippen LogP contribution in [0.25, 0.3) is 0 Å². The quantitative estimate of drug-likeness (QED) is 0.912. The molecule has 2 rings (SSSR count). The first kappa shape index (κ1) is 11.6. The van der Waals surface area contributed by atoms with Crippen molar-refractivity contribution in [3.63, 3.8) is 0 Å². The molecule has 0 aliphatic carbocycles. The normalized spacial score (nSPS) is 17.3. The van der Waals surface area contributed by atoms with Crippen molar-refractivity contribution in [1.29, 1.82) is 0 Å². The number of hydrogen-bond donors (Lipinski definition) is 1. The van der Waals surface area contributed by atoms with Crippen molar-refractivity contribution in [1.82, 2.24) is 9.97 Å². The fraction of sp³-hybridized carbons (Fsp3) is 0.600. The minimum Gasteiger partial charge on any atom is -0.476 e. The van der Waals surface area contributed by atoms with Gasteiger partial charge in [0.15, 0.2) is 0 Å². The third-order valence-electron chi connectivity index (χ3n) is 2.56. The van der Waals surface area contributed by atoms with E-state index in [1.54, 1.807) is 0 Å². The van der Waals surface area contributed by atoms with Crippen molar-refractivity contribution >= 4 is 15.9 Å². The highest BCUT2D eigenvalue weighted by Gasteiger charge is 2.15. The van der Waals surface area contributed by atoms with Crippen LogP contribution in [-0.4, -0.2) is 29.8 Å². The maximum Gasteiger partial charge on any atom is 0.268 e. The zero-order chi connectivity index (χ0) is 11.4. The van der Waals surface area contributed by atoms with Crippen LogP contribution >= 0.6 is 15.9 Å². The van der Waals surface area contributed by atoms with Gasteiger partial charge in [0, 0.05) is 13.2 Å². The van der Waals surface area contributed by atoms with Gasteiger partial charge in [0.2, 0.25) is 5.88 Å². The third kappa shape index (κ3) is 2.82. The first-order chi connectivity index (χ1) is 7.77. The lowest BCUT2D eigenvalue weighted by Crippen LogP contribution is -2.22. The molecule has 1 aromatic heterocycles. The molecule has 0 radical (unpaired) electrons. The summed E-state index contributed by atoms with van der Waals surface area (Å²) >= 11 is 3.15. The lowest BCUT2D eigenvalue weighted by molar-refractivity contribution is 0.0488. The van der Waals surface area contributed by atoms with Gasteiger partial charge < -0.3 is 14.5 Å². The highest BCUT2D eigenvalue weighted by molar-refractivity contribution is 9.10. The summed E-state index contributed by atoms with van der Waals surface area (Å²) in [5, 5.41) is 0. The maximum absolute atomic E-state index is 11.2. The molecule has 0 atom stereocenters. The Hall–Kier alpha value is -0.880. The smallest absolute Gasteiger partial charge is 0.268 e. The van der Waals surface area contributed by atoms with E-state index < -0.39 is 0 Å². The first-order valence-electron chi connectivity index (χ1n) is 5.21. The second-order valence-electron chi connectivity index (χ2n) is 3.72. The van der Waals surface area contributed by atoms with E-state index >= 15 is 0 Å². The van der Waals surface area contributed by atoms with Crippen LogP contribution in [-0.2, 0) is 4.74 Å². The van der Waals surface area contributed by atoms with Crippen LogP contribution < -0.4 is 10.3 Å². The van der Waals surface area contributed by atoms with E-state index in [9.17, 15) is 4.79 Å². The number of aromatic nitrogens is 2. The molecule has 0 saturated carbocycles. The van der Waals surface area contributed by atoms with Gasteiger partial charge in [0.05, 0.1) is 12.9 Å². The standard InChI is InChI=1S/C10H13BrN2O3/c11-8-9(14)12-6-13-10(8)16-5-7-1-3-15-4-2-7/h6-7H,1-5H2,(H,12,13,14). The van der Waals surface area contributed by atoms with Gasteiger partial charge in [-0.2, -0.15) is 0 Å². The fourth-order valence-corrected chi connectivity index (χ4v) is 1.91. The van der Waals surface area contributed by atoms with Gasteiger partial charge in [-0.1, -0.05) is 0 Å². The Morgan fingerprint density at radius 1 is 1.56 bits per heavy atom. The minimum atomic E-state index is -0.225. The zero-order valence-electron chi connectivity index (χ0n) is 8.74. The molecule has 1 saturated heterocycles. The number of H-pyrrole nitrogens is 1. The average Bonchev–Trinajstić information content (AvgIpc) is 2.32. The second-order valence-corrected chi connectivity index (χ2v) is 4.51. The Bertz CT molecular complexity index is 401. The fourth-order valence-electron chi connectivity index (χ4n) is 1.58. The molecule has 1 aliphatic rings. The molecule has 1 aliphatic heterocycles. The van der Waals surface area contributed by atoms with E-state index in [1.165, 1.54) is 6.33 Å². The van der Waals surface area contributed by atoms with Crippen molar-refractivity contribution in [2.24, 2.45) is 5.92 Å². The average molecular weight is 289 g/mol. The largest absolute Gasteiger partial charge is 0.476 e. The van der Waals surface area contributed by atoms with Crippen molar-refractivity contribution in [2.45, 2.75) is 12.8 Å². The Labute approximate surface area is 101 Å². The van der Waals surface area contributed by atoms with Crippen LogP contribution in [0.15, 0.2) is 15.6 Å². The number of aromatic amines is 1. The molecular weight excluding hydrogens is 276 g/mol. The van der Waals surface area contributed by atoms with Gasteiger partial charge in [-0.15, -0.1) is 0 Å². The van der Waals surface area contributed by atoms with E-state index in [0.29, 0.717) is 22.9 Å². The van der Waals surface area contributed by atoms with Gasteiger partial charge in [-0.05, 0) is 34.7 Å². The highest BCUT2D eigenvalue weighted by atomic mass is 79.9. The summed E-state index contributed by atoms with van der Waals surface area (Å²) in [6.07, 6.45) is 3.34. The maximum atomic E-state index is 11.2. The van der Waals surface area contributed by atoms with Crippen molar-refractivity contribution in [3.05, 3.63) is 21.2 Å². The molecule has 1 N–H and O–H groups in total. The van der Waals surface area contributed by atoms with Crippen LogP contribution in [0.3, 0.4) is 0 Å². The summed E-state index contributed by atoms with van der Waals surface area (Å²) in [5.41, 5.74) is -0.225. The lowest BCUT2D eigenvalue weighted by atomic mass is 10.0. The van der Waals surface area contributed by atoms with Crippen molar-refractivity contribution in [3.8, 4) is 5.88 Å². The number of ether oxygens (including phenoxy) is 2. The highest BCUT2D eigenvalue weighted by Crippen LogP contribution is 2.20. The number of nitrogens with one attached hydrogen (secondary N) is 1. The molecule has 0 bridgehead atoms. The van der Waals surface area contributed by atoms with Crippen molar-refractivity contribution < 1.29 is 9.47 Å². The van der Waals surface area contributed by atoms with Crippen LogP contribution in [0.2, 0.25) is 0 Å². The number of hydrogen-bond acceptors (Lipinski definition) is 4. The summed E-state index contributed by atoms with van der Waals surface area (Å²) < 4.78 is 11.1. The minimum absolute atomic E-state index is 0.225. The van der Waals surface area contributed by atoms with E-state index in [2.05, 4.69) is 25.9 Å². The Balaban J connectivity index is 1.93. The first-order valence-corrected chi connectivity index (χ1v) is 6.00. The molecule has 0 aromatic carbocycles. The Morgan fingerprint density at radius 2 is 2.31 bits per heavy atom. The third-order valence-corrected chi connectivity index (χ3v) is 3.26. The van der Waals surface area contributed by atoms with Crippen LogP contribution in [0.4, 0.5) is 0 Å². The van der Waals surface area contributed by atoms with Gasteiger partial charge >= 0.3 is 0 Å². The number of halogens is 1. The van der Waals surface area contributed by atoms with Gasteiger partial charge in [0.25, 0.3) is 5.56 Å². The zero-order valence-corrected chi connectivity index (χ0v) is 10.3. The molecule has 0 unspecified atom stereocenters. The summed E-state index contributed by atoms with van der Waals surface area (Å²) in [6.45, 7) is 2.16. The summed E-state index contributed by atoms with van der Waals surface area (Å²) in [5.74, 6) is 0.844. The lowest BCUT2D eigenvalue weighted by Gasteiger charge is -2.21. The molecule has 1 aromatic rings. The topological polar surface area (TPSA) is 64.2 Å². The molecule has 0 spiro atoms. The molecule has 88 valence electrons. The van der Waals surface area contributed by atoms with E-state index in [0.717, 1.165) is 26.1 Å². The van der Waals surface area contributed by atoms with Crippen LogP contribution in [0.1, 0.15) is 12.8 Å². The van der Waals surface area contributed by atoms with E-state index in [-0.39, 0.29) is 5.56 Å². The van der Waals surface area contributed by atoms with Gasteiger partial charge in [-0.3, -0.25) is 4.79 Å². The molecule has 5 nitrogen and oxygen atoms in total. The van der Waals surface area contributed by atoms with Crippen LogP contribution in [0, 0.1) is 5.92 Å².